The number of fused-ring (bicyclic) bond motifs is 1. The minimum absolute atomic E-state index is 0.0148. The van der Waals surface area contributed by atoms with Gasteiger partial charge in [0.15, 0.2) is 5.16 Å². The van der Waals surface area contributed by atoms with E-state index in [-0.39, 0.29) is 45.4 Å². The highest BCUT2D eigenvalue weighted by Gasteiger charge is 2.37. The van der Waals surface area contributed by atoms with Crippen molar-refractivity contribution in [3.63, 3.8) is 0 Å². The number of benzene rings is 3. The minimum Gasteiger partial charge on any atom is -0.336 e. The molecule has 304 valence electrons. The van der Waals surface area contributed by atoms with Crippen LogP contribution in [0.2, 0.25) is 0 Å². The molecule has 61 heavy (non-hydrogen) atoms. The molecule has 5 rings (SSSR count). The van der Waals surface area contributed by atoms with Gasteiger partial charge in [0.25, 0.3) is 5.56 Å². The molecular formula is C36H52B14F4N4O2S. The molecule has 0 aliphatic heterocycles. The summed E-state index contributed by atoms with van der Waals surface area (Å²) in [7, 11) is 27.6. The second kappa shape index (κ2) is 17.8. The number of carbonyl (C=O) groups is 1. The topological polar surface area (TPSA) is 58.4 Å². The number of halogens is 4. The number of thioether (sulfide) groups is 1. The van der Waals surface area contributed by atoms with Crippen LogP contribution in [-0.2, 0) is 41.4 Å². The molecule has 1 amide bonds. The average molecular weight is 832 g/mol. The zero-order valence-electron chi connectivity index (χ0n) is 39.3. The second-order valence-electron chi connectivity index (χ2n) is 19.6. The van der Waals surface area contributed by atoms with Gasteiger partial charge in [0.1, 0.15) is 122 Å². The van der Waals surface area contributed by atoms with Gasteiger partial charge in [0.2, 0.25) is 5.91 Å². The quantitative estimate of drug-likeness (QED) is 0.0581. The molecule has 0 fully saturated rings. The van der Waals surface area contributed by atoms with Gasteiger partial charge in [-0.1, -0.05) is 81.4 Å². The van der Waals surface area contributed by atoms with E-state index in [4.69, 9.17) is 0 Å². The van der Waals surface area contributed by atoms with Crippen molar-refractivity contribution in [1.29, 1.82) is 0 Å². The first-order chi connectivity index (χ1) is 28.0. The number of carbonyl (C=O) groups excluding carboxylic acids is 1. The maximum atomic E-state index is 15.1. The Hall–Kier alpha value is -3.05. The van der Waals surface area contributed by atoms with E-state index in [1.54, 1.807) is 43.5 Å². The predicted molar refractivity (Wildman–Crippen MR) is 287 cm³/mol. The minimum atomic E-state index is -4.46. The van der Waals surface area contributed by atoms with Crippen molar-refractivity contribution >= 4 is 171 Å². The monoisotopic (exact) mass is 835 g/mol. The van der Waals surface area contributed by atoms with Crippen LogP contribution >= 0.6 is 11.8 Å². The summed E-state index contributed by atoms with van der Waals surface area (Å²) in [5, 5.41) is 0.0663. The maximum Gasteiger partial charge on any atom is 0.415 e. The van der Waals surface area contributed by atoms with Gasteiger partial charge < -0.3 is 14.4 Å². The fraction of sp³-hybridized carbons (Fsp3) is 0.361. The average Bonchev–Trinajstić information content (AvgIpc) is 3.63. The summed E-state index contributed by atoms with van der Waals surface area (Å²) in [5.41, 5.74) is 9.99. The van der Waals surface area contributed by atoms with Crippen molar-refractivity contribution in [2.75, 3.05) is 13.1 Å². The van der Waals surface area contributed by atoms with Gasteiger partial charge in [0.05, 0.1) is 0 Å². The van der Waals surface area contributed by atoms with Crippen LogP contribution in [0.4, 0.5) is 17.6 Å². The summed E-state index contributed by atoms with van der Waals surface area (Å²) in [6.45, 7) is 5.71. The molecule has 6 nitrogen and oxygen atoms in total. The van der Waals surface area contributed by atoms with Gasteiger partial charge in [-0.15, -0.1) is 0 Å². The van der Waals surface area contributed by atoms with Crippen molar-refractivity contribution in [2.24, 2.45) is 0 Å². The maximum absolute atomic E-state index is 15.1. The molecule has 1 heterocycles. The number of alkyl halides is 3. The summed E-state index contributed by atoms with van der Waals surface area (Å²) in [6.07, 6.45) is -2.40. The molecule has 0 spiro atoms. The third-order valence-corrected chi connectivity index (χ3v) is 14.5. The smallest absolute Gasteiger partial charge is 0.336 e. The lowest BCUT2D eigenvalue weighted by Gasteiger charge is -2.47. The van der Waals surface area contributed by atoms with Crippen molar-refractivity contribution in [1.82, 2.24) is 19.4 Å². The third-order valence-electron chi connectivity index (χ3n) is 13.2. The first-order valence-corrected chi connectivity index (χ1v) is 22.2. The number of hydrogen-bond donors (Lipinski definition) is 0. The van der Waals surface area contributed by atoms with E-state index in [0.29, 0.717) is 54.1 Å². The highest BCUT2D eigenvalue weighted by atomic mass is 32.2. The van der Waals surface area contributed by atoms with Gasteiger partial charge in [-0.05, 0) is 68.9 Å². The fourth-order valence-electron chi connectivity index (χ4n) is 9.70. The molecule has 3 aromatic carbocycles. The van der Waals surface area contributed by atoms with Gasteiger partial charge in [-0.2, -0.15) is 18.2 Å². The molecule has 1 aliphatic carbocycles. The van der Waals surface area contributed by atoms with Crippen LogP contribution < -0.4 is 49.3 Å². The van der Waals surface area contributed by atoms with Gasteiger partial charge in [0, 0.05) is 36.5 Å². The highest BCUT2D eigenvalue weighted by Crippen LogP contribution is 2.37. The van der Waals surface area contributed by atoms with Crippen LogP contribution in [0.3, 0.4) is 0 Å². The zero-order chi connectivity index (χ0) is 45.9. The lowest BCUT2D eigenvalue weighted by molar-refractivity contribution is -0.136. The van der Waals surface area contributed by atoms with Crippen molar-refractivity contribution in [3.05, 3.63) is 68.4 Å². The molecule has 0 saturated carbocycles. The Labute approximate surface area is 376 Å². The van der Waals surface area contributed by atoms with Crippen molar-refractivity contribution in [2.45, 2.75) is 72.8 Å². The Kier molecular flexibility index (Phi) is 14.3. The molecule has 0 saturated heterocycles. The molecule has 1 aromatic heterocycles. The Balaban J connectivity index is 1.64. The van der Waals surface area contributed by atoms with Crippen LogP contribution in [0.15, 0.2) is 34.2 Å². The molecule has 0 atom stereocenters. The summed E-state index contributed by atoms with van der Waals surface area (Å²) in [6, 6.07) is 6.33. The van der Waals surface area contributed by atoms with Crippen molar-refractivity contribution < 1.29 is 22.4 Å². The summed E-state index contributed by atoms with van der Waals surface area (Å²) >= 11 is 1.40. The number of hydrogen-bond acceptors (Lipinski definition) is 5. The van der Waals surface area contributed by atoms with Gasteiger partial charge in [-0.25, -0.2) is 4.39 Å². The summed E-state index contributed by atoms with van der Waals surface area (Å²) < 4.78 is 58.2. The lowest BCUT2D eigenvalue weighted by atomic mass is 9.54. The number of aromatic nitrogens is 2. The molecule has 0 unspecified atom stereocenters. The van der Waals surface area contributed by atoms with Crippen LogP contribution in [0.25, 0.3) is 11.1 Å². The molecular weight excluding hydrogens is 780 g/mol. The van der Waals surface area contributed by atoms with Gasteiger partial charge in [-0.3, -0.25) is 9.59 Å². The SMILES string of the molecule is Bc1c(B)c(-c2c(B)c(B)c(C(F)(F)F)c(B)c2B)c(B)c(B)c1CN(CCN(C(B)(B)C)C(B)(B)C)C(=O)Cn1c(SC(B)(B)c2ccc(F)cc2)nc(=O)c2c1CCC2. The van der Waals surface area contributed by atoms with Crippen LogP contribution in [-0.4, -0.2) is 159 Å². The Morgan fingerprint density at radius 2 is 1.25 bits per heavy atom. The lowest BCUT2D eigenvalue weighted by Crippen LogP contribution is -2.62. The van der Waals surface area contributed by atoms with E-state index >= 15 is 4.79 Å². The standard InChI is InChI=1S/C36H52B14F4N4O2S/c1-33(45,46)58(34(2,47)48)11-10-56(12-17-23(37)25(39)20(26(40)24(17)38)21-27(41)29(43)22(36(52,53)54)30(44)28(21)42)19(59)13-57-18-5-3-4-16(18)31(60)55-32(57)61-35(49,50)14-6-8-15(51)9-7-14/h6-9H,3-5,10-13,37-50H2,1-2H3. The van der Waals surface area contributed by atoms with E-state index in [1.165, 1.54) is 23.9 Å². The third kappa shape index (κ3) is 10.0. The van der Waals surface area contributed by atoms with Crippen molar-refractivity contribution in [3.8, 4) is 11.1 Å². The van der Waals surface area contributed by atoms with Crippen LogP contribution in [0, 0.1) is 5.82 Å². The molecule has 25 heteroatoms. The molecule has 0 radical (unpaired) electrons. The van der Waals surface area contributed by atoms with E-state index in [9.17, 15) is 22.4 Å². The fourth-order valence-corrected chi connectivity index (χ4v) is 10.8. The normalized spacial score (nSPS) is 13.4. The molecule has 0 bridgehead atoms. The van der Waals surface area contributed by atoms with E-state index in [2.05, 4.69) is 70.8 Å². The summed E-state index contributed by atoms with van der Waals surface area (Å²) in [5.74, 6) is -0.442. The first kappa shape index (κ1) is 49.0. The second-order valence-corrected chi connectivity index (χ2v) is 21.2. The highest BCUT2D eigenvalue weighted by molar-refractivity contribution is 8.02. The molecule has 1 aliphatic rings. The van der Waals surface area contributed by atoms with Crippen LogP contribution in [0.5, 0.6) is 0 Å². The number of nitrogens with zero attached hydrogens (tertiary/aromatic N) is 4. The van der Waals surface area contributed by atoms with E-state index in [1.807, 2.05) is 40.9 Å². The Bertz CT molecular complexity index is 2370. The zero-order valence-corrected chi connectivity index (χ0v) is 40.1. The Morgan fingerprint density at radius 3 is 1.72 bits per heavy atom. The van der Waals surface area contributed by atoms with Crippen LogP contribution in [0.1, 0.15) is 48.2 Å². The van der Waals surface area contributed by atoms with Gasteiger partial charge >= 0.3 is 6.18 Å². The predicted octanol–water partition coefficient (Wildman–Crippen LogP) is -13.0. The van der Waals surface area contributed by atoms with E-state index in [0.717, 1.165) is 56.2 Å². The largest absolute Gasteiger partial charge is 0.415 e. The van der Waals surface area contributed by atoms with E-state index < -0.39 is 16.3 Å². The Morgan fingerprint density at radius 1 is 0.754 bits per heavy atom. The number of amides is 1. The summed E-state index contributed by atoms with van der Waals surface area (Å²) in [4.78, 5) is 37.5. The number of rotatable bonds is 13. The molecule has 4 aromatic rings. The molecule has 0 N–H and O–H groups in total. The first-order valence-electron chi connectivity index (χ1n) is 21.4.